The SMILES string of the molecule is CC(C)(C1CCC(=O)N(c2ccc(C(F)(F)F)cn2)C1)S(=O)(=O)c1cccc(C(F)(F)F)c1. The first-order valence-electron chi connectivity index (χ1n) is 9.80. The van der Waals surface area contributed by atoms with Gasteiger partial charge in [0, 0.05) is 19.2 Å². The third kappa shape index (κ3) is 4.85. The Balaban J connectivity index is 1.91. The molecule has 1 aromatic carbocycles. The van der Waals surface area contributed by atoms with Crippen LogP contribution in [0.2, 0.25) is 0 Å². The summed E-state index contributed by atoms with van der Waals surface area (Å²) < 4.78 is 103. The van der Waals surface area contributed by atoms with Crippen LogP contribution in [0.4, 0.5) is 32.2 Å². The van der Waals surface area contributed by atoms with Crippen molar-refractivity contribution < 1.29 is 39.6 Å². The predicted octanol–water partition coefficient (Wildman–Crippen LogP) is 5.11. The van der Waals surface area contributed by atoms with Crippen LogP contribution in [0.1, 0.15) is 37.8 Å². The maximum absolute atomic E-state index is 13.3. The summed E-state index contributed by atoms with van der Waals surface area (Å²) in [5.74, 6) is -1.21. The van der Waals surface area contributed by atoms with Gasteiger partial charge in [-0.15, -0.1) is 0 Å². The number of benzene rings is 1. The van der Waals surface area contributed by atoms with Gasteiger partial charge in [-0.3, -0.25) is 9.69 Å². The number of carbonyl (C=O) groups is 1. The van der Waals surface area contributed by atoms with Crippen LogP contribution in [0.3, 0.4) is 0 Å². The van der Waals surface area contributed by atoms with E-state index in [9.17, 15) is 39.6 Å². The molecule has 2 aromatic rings. The minimum Gasteiger partial charge on any atom is -0.297 e. The van der Waals surface area contributed by atoms with Gasteiger partial charge in [0.25, 0.3) is 0 Å². The van der Waals surface area contributed by atoms with Crippen LogP contribution >= 0.6 is 0 Å². The van der Waals surface area contributed by atoms with Gasteiger partial charge >= 0.3 is 12.4 Å². The zero-order chi connectivity index (χ0) is 24.8. The van der Waals surface area contributed by atoms with E-state index in [2.05, 4.69) is 4.98 Å². The second kappa shape index (κ2) is 8.30. The van der Waals surface area contributed by atoms with Crippen molar-refractivity contribution in [2.45, 2.75) is 48.7 Å². The van der Waals surface area contributed by atoms with Crippen LogP contribution < -0.4 is 4.90 Å². The Morgan fingerprint density at radius 2 is 1.61 bits per heavy atom. The van der Waals surface area contributed by atoms with E-state index < -0.39 is 54.8 Å². The molecule has 1 atom stereocenters. The van der Waals surface area contributed by atoms with Crippen LogP contribution in [0.25, 0.3) is 0 Å². The molecule has 0 N–H and O–H groups in total. The van der Waals surface area contributed by atoms with E-state index in [0.717, 1.165) is 35.2 Å². The van der Waals surface area contributed by atoms with Crippen molar-refractivity contribution in [3.63, 3.8) is 0 Å². The van der Waals surface area contributed by atoms with Crippen molar-refractivity contribution in [1.29, 1.82) is 0 Å². The number of pyridine rings is 1. The molecule has 12 heteroatoms. The molecule has 180 valence electrons. The lowest BCUT2D eigenvalue weighted by atomic mass is 9.86. The van der Waals surface area contributed by atoms with Crippen LogP contribution in [0.5, 0.6) is 0 Å². The number of anilines is 1. The molecule has 2 heterocycles. The number of hydrogen-bond acceptors (Lipinski definition) is 4. The summed E-state index contributed by atoms with van der Waals surface area (Å²) in [6.07, 6.45) is -8.70. The first-order chi connectivity index (χ1) is 15.0. The highest BCUT2D eigenvalue weighted by Gasteiger charge is 2.46. The normalized spacial score (nSPS) is 18.5. The fraction of sp³-hybridized carbons (Fsp3) is 0.429. The van der Waals surface area contributed by atoms with Crippen molar-refractivity contribution in [1.82, 2.24) is 4.98 Å². The fourth-order valence-corrected chi connectivity index (χ4v) is 5.49. The molecule has 1 saturated heterocycles. The quantitative estimate of drug-likeness (QED) is 0.554. The number of amides is 1. The summed E-state index contributed by atoms with van der Waals surface area (Å²) in [5.41, 5.74) is -2.10. The number of hydrogen-bond donors (Lipinski definition) is 0. The molecule has 5 nitrogen and oxygen atoms in total. The predicted molar refractivity (Wildman–Crippen MR) is 107 cm³/mol. The average molecular weight is 494 g/mol. The summed E-state index contributed by atoms with van der Waals surface area (Å²) in [5, 5.41) is 0. The zero-order valence-electron chi connectivity index (χ0n) is 17.5. The molecule has 0 bridgehead atoms. The van der Waals surface area contributed by atoms with E-state index >= 15 is 0 Å². The second-order valence-electron chi connectivity index (χ2n) is 8.28. The highest BCUT2D eigenvalue weighted by atomic mass is 32.2. The first-order valence-corrected chi connectivity index (χ1v) is 11.3. The molecule has 1 fully saturated rings. The van der Waals surface area contributed by atoms with Crippen LogP contribution in [-0.4, -0.2) is 30.6 Å². The smallest absolute Gasteiger partial charge is 0.297 e. The monoisotopic (exact) mass is 494 g/mol. The highest BCUT2D eigenvalue weighted by Crippen LogP contribution is 2.40. The minimum atomic E-state index is -4.72. The summed E-state index contributed by atoms with van der Waals surface area (Å²) in [6, 6.07) is 5.22. The molecule has 0 aliphatic carbocycles. The third-order valence-electron chi connectivity index (χ3n) is 5.91. The van der Waals surface area contributed by atoms with Crippen LogP contribution in [0.15, 0.2) is 47.5 Å². The van der Waals surface area contributed by atoms with Gasteiger partial charge in [-0.2, -0.15) is 26.3 Å². The Bertz CT molecular complexity index is 1140. The lowest BCUT2D eigenvalue weighted by Gasteiger charge is -2.40. The molecule has 1 aliphatic rings. The molecule has 1 aliphatic heterocycles. The maximum atomic E-state index is 13.3. The van der Waals surface area contributed by atoms with Gasteiger partial charge < -0.3 is 0 Å². The van der Waals surface area contributed by atoms with Gasteiger partial charge in [-0.05, 0) is 56.5 Å². The van der Waals surface area contributed by atoms with E-state index in [1.807, 2.05) is 0 Å². The zero-order valence-corrected chi connectivity index (χ0v) is 18.4. The molecule has 0 spiro atoms. The number of aromatic nitrogens is 1. The van der Waals surface area contributed by atoms with E-state index in [1.54, 1.807) is 0 Å². The standard InChI is InChI=1S/C21H20F6N2O3S/c1-19(2,33(31,32)16-5-3-4-13(10-16)20(22,23)24)15-7-9-18(30)29(12-15)17-8-6-14(11-28-17)21(25,26)27/h3-6,8,10-11,15H,7,9,12H2,1-2H3. The Kier molecular flexibility index (Phi) is 6.29. The lowest BCUT2D eigenvalue weighted by Crippen LogP contribution is -2.51. The number of nitrogens with zero attached hydrogens (tertiary/aromatic N) is 2. The molecule has 1 amide bonds. The number of carbonyl (C=O) groups excluding carboxylic acids is 1. The lowest BCUT2D eigenvalue weighted by molar-refractivity contribution is -0.138. The van der Waals surface area contributed by atoms with Gasteiger partial charge in [0.1, 0.15) is 5.82 Å². The fourth-order valence-electron chi connectivity index (χ4n) is 3.71. The first kappa shape index (κ1) is 25.0. The Labute approximate surface area is 186 Å². The number of sulfone groups is 1. The summed E-state index contributed by atoms with van der Waals surface area (Å²) in [7, 11) is -4.28. The molecule has 0 radical (unpaired) electrons. The molecule has 3 rings (SSSR count). The van der Waals surface area contributed by atoms with Gasteiger partial charge in [-0.25, -0.2) is 13.4 Å². The maximum Gasteiger partial charge on any atom is 0.417 e. The van der Waals surface area contributed by atoms with Gasteiger partial charge in [0.05, 0.1) is 20.8 Å². The van der Waals surface area contributed by atoms with E-state index in [-0.39, 0.29) is 25.2 Å². The minimum absolute atomic E-state index is 0.0648. The third-order valence-corrected chi connectivity index (χ3v) is 8.50. The van der Waals surface area contributed by atoms with Crippen molar-refractivity contribution >= 4 is 21.6 Å². The number of rotatable bonds is 4. The summed E-state index contributed by atoms with van der Waals surface area (Å²) in [6.45, 7) is 2.56. The second-order valence-corrected chi connectivity index (χ2v) is 10.8. The summed E-state index contributed by atoms with van der Waals surface area (Å²) >= 11 is 0. The van der Waals surface area contributed by atoms with Crippen LogP contribution in [0, 0.1) is 5.92 Å². The van der Waals surface area contributed by atoms with Crippen LogP contribution in [-0.2, 0) is 27.0 Å². The Morgan fingerprint density at radius 3 is 2.15 bits per heavy atom. The Hall–Kier alpha value is -2.63. The van der Waals surface area contributed by atoms with Crippen molar-refractivity contribution in [2.24, 2.45) is 5.92 Å². The molecule has 33 heavy (non-hydrogen) atoms. The topological polar surface area (TPSA) is 67.3 Å². The number of halogens is 6. The highest BCUT2D eigenvalue weighted by molar-refractivity contribution is 7.92. The van der Waals surface area contributed by atoms with E-state index in [0.29, 0.717) is 12.3 Å². The Morgan fingerprint density at radius 1 is 0.970 bits per heavy atom. The van der Waals surface area contributed by atoms with Crippen molar-refractivity contribution in [3.05, 3.63) is 53.7 Å². The molecular weight excluding hydrogens is 474 g/mol. The molecular formula is C21H20F6N2O3S. The largest absolute Gasteiger partial charge is 0.417 e. The van der Waals surface area contributed by atoms with Gasteiger partial charge in [0.15, 0.2) is 9.84 Å². The van der Waals surface area contributed by atoms with Crippen molar-refractivity contribution in [2.75, 3.05) is 11.4 Å². The number of piperidine rings is 1. The number of alkyl halides is 6. The van der Waals surface area contributed by atoms with Gasteiger partial charge in [0.2, 0.25) is 5.91 Å². The average Bonchev–Trinajstić information content (AvgIpc) is 2.73. The van der Waals surface area contributed by atoms with Gasteiger partial charge in [-0.1, -0.05) is 6.07 Å². The molecule has 1 aromatic heterocycles. The van der Waals surface area contributed by atoms with E-state index in [4.69, 9.17) is 0 Å². The molecule has 1 unspecified atom stereocenters. The summed E-state index contributed by atoms with van der Waals surface area (Å²) in [4.78, 5) is 16.7. The molecule has 0 saturated carbocycles. The van der Waals surface area contributed by atoms with Crippen molar-refractivity contribution in [3.8, 4) is 0 Å². The van der Waals surface area contributed by atoms with E-state index in [1.165, 1.54) is 13.8 Å².